The lowest BCUT2D eigenvalue weighted by molar-refractivity contribution is -0.136. The van der Waals surface area contributed by atoms with Crippen molar-refractivity contribution in [1.82, 2.24) is 15.1 Å². The highest BCUT2D eigenvalue weighted by molar-refractivity contribution is 6.05. The Labute approximate surface area is 331 Å². The zero-order valence-corrected chi connectivity index (χ0v) is 32.2. The molecule has 296 valence electrons. The quantitative estimate of drug-likeness (QED) is 0.220. The van der Waals surface area contributed by atoms with Gasteiger partial charge in [0.05, 0.1) is 19.4 Å². The van der Waals surface area contributed by atoms with E-state index in [4.69, 9.17) is 9.47 Å². The van der Waals surface area contributed by atoms with E-state index in [1.165, 1.54) is 22.2 Å². The van der Waals surface area contributed by atoms with Crippen LogP contribution in [0.15, 0.2) is 78.9 Å². The number of aromatic hydroxyl groups is 1. The number of amides is 3. The highest BCUT2D eigenvalue weighted by Gasteiger charge is 2.40. The van der Waals surface area contributed by atoms with Crippen LogP contribution in [0.5, 0.6) is 17.2 Å². The van der Waals surface area contributed by atoms with Gasteiger partial charge in [-0.2, -0.15) is 0 Å². The zero-order chi connectivity index (χ0) is 39.2. The lowest BCUT2D eigenvalue weighted by Crippen LogP contribution is -2.52. The molecule has 3 amide bonds. The molecule has 9 rings (SSSR count). The van der Waals surface area contributed by atoms with E-state index in [0.717, 1.165) is 73.8 Å². The standard InChI is InChI=1S/C45H48FN5O6/c1-56-34-4-2-3-30(21-34)37-27-57-41-23-33(52)9-10-35(41)43(37)29-5-7-32(8-6-29)49-15-13-28(14-16-49)25-48-17-19-50(20-18-48)40-22-31-26-51(45(55)36(31)24-38(40)46)39-11-12-42(53)47-44(39)54/h2-10,21-24,28,37,39,43,52H,11-20,25-27H2,1H3,(H,47,53,54). The second-order valence-electron chi connectivity index (χ2n) is 16.1. The van der Waals surface area contributed by atoms with Crippen LogP contribution in [0.4, 0.5) is 15.8 Å². The number of nitrogens with zero attached hydrogens (tertiary/aromatic N) is 4. The van der Waals surface area contributed by atoms with Crippen LogP contribution in [0.2, 0.25) is 0 Å². The number of hydrogen-bond acceptors (Lipinski definition) is 9. The number of fused-ring (bicyclic) bond motifs is 2. The van der Waals surface area contributed by atoms with Crippen LogP contribution < -0.4 is 24.6 Å². The first-order chi connectivity index (χ1) is 27.7. The van der Waals surface area contributed by atoms with Gasteiger partial charge in [-0.15, -0.1) is 0 Å². The van der Waals surface area contributed by atoms with E-state index >= 15 is 4.39 Å². The fourth-order valence-electron chi connectivity index (χ4n) is 9.59. The average molecular weight is 774 g/mol. The Morgan fingerprint density at radius 1 is 0.860 bits per heavy atom. The number of phenolic OH excluding ortho intramolecular Hbond substituents is 1. The number of phenols is 1. The van der Waals surface area contributed by atoms with Gasteiger partial charge in [0.2, 0.25) is 11.8 Å². The Morgan fingerprint density at radius 2 is 1.65 bits per heavy atom. The number of benzene rings is 4. The van der Waals surface area contributed by atoms with E-state index in [-0.39, 0.29) is 48.8 Å². The Bertz CT molecular complexity index is 2180. The third-order valence-electron chi connectivity index (χ3n) is 12.7. The SMILES string of the molecule is COc1cccc(C2COc3cc(O)ccc3C2c2ccc(N3CCC(CN4CCN(c5cc6c(cc5F)C(=O)N(C5CCC(=O)NC5=O)C6)CC4)CC3)cc2)c1. The van der Waals surface area contributed by atoms with Crippen molar-refractivity contribution in [2.24, 2.45) is 5.92 Å². The molecule has 3 saturated heterocycles. The molecular formula is C45H48FN5O6. The van der Waals surface area contributed by atoms with E-state index in [0.29, 0.717) is 36.9 Å². The fraction of sp³-hybridized carbons (Fsp3) is 0.400. The van der Waals surface area contributed by atoms with Crippen molar-refractivity contribution in [3.8, 4) is 17.2 Å². The number of piperazine rings is 1. The van der Waals surface area contributed by atoms with Crippen molar-refractivity contribution in [2.75, 3.05) is 69.3 Å². The van der Waals surface area contributed by atoms with Crippen molar-refractivity contribution in [3.05, 3.63) is 112 Å². The summed E-state index contributed by atoms with van der Waals surface area (Å²) in [5, 5.41) is 12.5. The summed E-state index contributed by atoms with van der Waals surface area (Å²) in [6.07, 6.45) is 2.67. The number of carbonyl (C=O) groups excluding carboxylic acids is 3. The number of carbonyl (C=O) groups is 3. The van der Waals surface area contributed by atoms with E-state index in [2.05, 4.69) is 56.4 Å². The summed E-state index contributed by atoms with van der Waals surface area (Å²) in [6.45, 7) is 6.81. The summed E-state index contributed by atoms with van der Waals surface area (Å²) in [6, 6.07) is 25.0. The highest BCUT2D eigenvalue weighted by Crippen LogP contribution is 2.47. The molecule has 0 radical (unpaired) electrons. The van der Waals surface area contributed by atoms with Crippen molar-refractivity contribution >= 4 is 29.1 Å². The molecule has 3 atom stereocenters. The molecule has 0 aliphatic carbocycles. The smallest absolute Gasteiger partial charge is 0.255 e. The minimum Gasteiger partial charge on any atom is -0.508 e. The molecule has 3 unspecified atom stereocenters. The van der Waals surface area contributed by atoms with Gasteiger partial charge in [0.15, 0.2) is 0 Å². The average Bonchev–Trinajstić information content (AvgIpc) is 3.54. The molecule has 0 spiro atoms. The van der Waals surface area contributed by atoms with Gasteiger partial charge in [-0.05, 0) is 84.3 Å². The van der Waals surface area contributed by atoms with Crippen LogP contribution >= 0.6 is 0 Å². The third kappa shape index (κ3) is 7.27. The van der Waals surface area contributed by atoms with Gasteiger partial charge in [-0.1, -0.05) is 30.3 Å². The van der Waals surface area contributed by atoms with Gasteiger partial charge < -0.3 is 29.3 Å². The fourth-order valence-corrected chi connectivity index (χ4v) is 9.59. The maximum Gasteiger partial charge on any atom is 0.255 e. The number of imide groups is 1. The minimum absolute atomic E-state index is 0.0560. The van der Waals surface area contributed by atoms with Gasteiger partial charge in [0.1, 0.15) is 29.1 Å². The van der Waals surface area contributed by atoms with Crippen molar-refractivity contribution in [1.29, 1.82) is 0 Å². The van der Waals surface area contributed by atoms with Crippen LogP contribution in [-0.2, 0) is 16.1 Å². The molecule has 4 aromatic rings. The minimum atomic E-state index is -0.720. The lowest BCUT2D eigenvalue weighted by Gasteiger charge is -2.40. The topological polar surface area (TPSA) is 115 Å². The van der Waals surface area contributed by atoms with Crippen LogP contribution in [-0.4, -0.2) is 98.2 Å². The van der Waals surface area contributed by atoms with Crippen LogP contribution in [0, 0.1) is 11.7 Å². The number of anilines is 2. The Kier molecular flexibility index (Phi) is 9.98. The Morgan fingerprint density at radius 3 is 2.40 bits per heavy atom. The molecule has 5 heterocycles. The number of rotatable bonds is 8. The molecule has 0 aromatic heterocycles. The van der Waals surface area contributed by atoms with Crippen molar-refractivity contribution in [3.63, 3.8) is 0 Å². The monoisotopic (exact) mass is 773 g/mol. The van der Waals surface area contributed by atoms with E-state index in [1.54, 1.807) is 25.3 Å². The highest BCUT2D eigenvalue weighted by atomic mass is 19.1. The first-order valence-corrected chi connectivity index (χ1v) is 20.1. The zero-order valence-electron chi connectivity index (χ0n) is 32.2. The summed E-state index contributed by atoms with van der Waals surface area (Å²) in [5.74, 6) is 0.879. The number of halogens is 1. The Hall–Kier alpha value is -5.62. The van der Waals surface area contributed by atoms with Gasteiger partial charge in [0, 0.05) is 93.5 Å². The predicted octanol–water partition coefficient (Wildman–Crippen LogP) is 5.65. The lowest BCUT2D eigenvalue weighted by atomic mass is 9.76. The van der Waals surface area contributed by atoms with Crippen LogP contribution in [0.1, 0.15) is 70.1 Å². The number of methoxy groups -OCH3 is 1. The molecule has 5 aliphatic rings. The summed E-state index contributed by atoms with van der Waals surface area (Å²) in [7, 11) is 1.68. The molecule has 5 aliphatic heterocycles. The third-order valence-corrected chi connectivity index (χ3v) is 12.7. The Balaban J connectivity index is 0.796. The van der Waals surface area contributed by atoms with Gasteiger partial charge in [0.25, 0.3) is 5.91 Å². The summed E-state index contributed by atoms with van der Waals surface area (Å²) in [5.41, 5.74) is 6.16. The number of nitrogens with one attached hydrogen (secondary N) is 1. The second-order valence-corrected chi connectivity index (χ2v) is 16.1. The normalized spacial score (nSPS) is 22.9. The first kappa shape index (κ1) is 37.0. The molecule has 0 saturated carbocycles. The van der Waals surface area contributed by atoms with Crippen molar-refractivity contribution < 1.29 is 33.4 Å². The van der Waals surface area contributed by atoms with Crippen molar-refractivity contribution in [2.45, 2.75) is 50.1 Å². The van der Waals surface area contributed by atoms with E-state index in [1.807, 2.05) is 18.2 Å². The summed E-state index contributed by atoms with van der Waals surface area (Å²) >= 11 is 0. The van der Waals surface area contributed by atoms with E-state index < -0.39 is 17.8 Å². The summed E-state index contributed by atoms with van der Waals surface area (Å²) < 4.78 is 27.2. The molecule has 11 nitrogen and oxygen atoms in total. The maximum absolute atomic E-state index is 15.5. The molecule has 12 heteroatoms. The number of piperidine rings is 2. The predicted molar refractivity (Wildman–Crippen MR) is 214 cm³/mol. The van der Waals surface area contributed by atoms with E-state index in [9.17, 15) is 19.5 Å². The first-order valence-electron chi connectivity index (χ1n) is 20.1. The maximum atomic E-state index is 15.5. The molecule has 2 N–H and O–H groups in total. The molecule has 0 bridgehead atoms. The molecule has 4 aromatic carbocycles. The second kappa shape index (κ2) is 15.4. The molecule has 57 heavy (non-hydrogen) atoms. The van der Waals surface area contributed by atoms with Crippen LogP contribution in [0.3, 0.4) is 0 Å². The van der Waals surface area contributed by atoms with Gasteiger partial charge >= 0.3 is 0 Å². The molecular weight excluding hydrogens is 726 g/mol. The van der Waals surface area contributed by atoms with Gasteiger partial charge in [-0.25, -0.2) is 4.39 Å². The number of ether oxygens (including phenoxy) is 2. The van der Waals surface area contributed by atoms with Gasteiger partial charge in [-0.3, -0.25) is 24.6 Å². The van der Waals surface area contributed by atoms with Crippen LogP contribution in [0.25, 0.3) is 0 Å². The largest absolute Gasteiger partial charge is 0.508 e. The number of hydrogen-bond donors (Lipinski definition) is 2. The molecule has 3 fully saturated rings. The summed E-state index contributed by atoms with van der Waals surface area (Å²) in [4.78, 5) is 45.7.